The quantitative estimate of drug-likeness (QED) is 0.783. The Morgan fingerprint density at radius 2 is 2.06 bits per heavy atom. The summed E-state index contributed by atoms with van der Waals surface area (Å²) in [5.74, 6) is 0.270. The molecule has 0 aliphatic rings. The number of aromatic amines is 1. The van der Waals surface area contributed by atoms with Gasteiger partial charge in [-0.05, 0) is 18.2 Å². The fourth-order valence-electron chi connectivity index (χ4n) is 1.22. The van der Waals surface area contributed by atoms with Crippen LogP contribution in [0.25, 0.3) is 0 Å². The maximum absolute atomic E-state index is 11.2. The van der Waals surface area contributed by atoms with Crippen LogP contribution < -0.4 is 16.6 Å². The summed E-state index contributed by atoms with van der Waals surface area (Å²) in [5, 5.41) is 3.73. The number of H-pyrrole nitrogens is 1. The van der Waals surface area contributed by atoms with Crippen LogP contribution in [0, 0.1) is 0 Å². The van der Waals surface area contributed by atoms with Crippen LogP contribution in [-0.2, 0) is 0 Å². The van der Waals surface area contributed by atoms with Crippen LogP contribution >= 0.6 is 23.2 Å². The summed E-state index contributed by atoms with van der Waals surface area (Å²) >= 11 is 11.6. The first-order valence-electron chi connectivity index (χ1n) is 4.63. The van der Waals surface area contributed by atoms with Gasteiger partial charge in [-0.1, -0.05) is 23.2 Å². The van der Waals surface area contributed by atoms with Crippen LogP contribution in [0.5, 0.6) is 0 Å². The third kappa shape index (κ3) is 2.51. The summed E-state index contributed by atoms with van der Waals surface area (Å²) in [6.07, 6.45) is 1.26. The van der Waals surface area contributed by atoms with Gasteiger partial charge in [0.2, 0.25) is 0 Å². The van der Waals surface area contributed by atoms with Crippen molar-refractivity contribution in [1.29, 1.82) is 0 Å². The molecule has 1 heterocycles. The summed E-state index contributed by atoms with van der Waals surface area (Å²) < 4.78 is 0. The number of halogens is 2. The lowest BCUT2D eigenvalue weighted by molar-refractivity contribution is 1.13. The van der Waals surface area contributed by atoms with E-state index >= 15 is 0 Å². The van der Waals surface area contributed by atoms with E-state index in [1.807, 2.05) is 0 Å². The number of rotatable bonds is 2. The molecule has 4 N–H and O–H groups in total. The summed E-state index contributed by atoms with van der Waals surface area (Å²) in [7, 11) is 0. The average molecular weight is 271 g/mol. The summed E-state index contributed by atoms with van der Waals surface area (Å²) in [5.41, 5.74) is 5.83. The zero-order valence-corrected chi connectivity index (χ0v) is 10.0. The van der Waals surface area contributed by atoms with Crippen LogP contribution in [0.15, 0.2) is 29.3 Å². The van der Waals surface area contributed by atoms with Gasteiger partial charge in [-0.3, -0.25) is 4.79 Å². The van der Waals surface area contributed by atoms with Gasteiger partial charge in [0, 0.05) is 5.69 Å². The van der Waals surface area contributed by atoms with E-state index < -0.39 is 5.56 Å². The molecule has 0 bridgehead atoms. The maximum Gasteiger partial charge on any atom is 0.276 e. The second kappa shape index (κ2) is 4.65. The third-order valence-corrected chi connectivity index (χ3v) is 2.81. The molecule has 2 aromatic rings. The fourth-order valence-corrected chi connectivity index (χ4v) is 1.52. The van der Waals surface area contributed by atoms with E-state index in [2.05, 4.69) is 15.3 Å². The van der Waals surface area contributed by atoms with E-state index in [0.29, 0.717) is 15.7 Å². The predicted octanol–water partition coefficient (Wildman–Crippen LogP) is 2.40. The van der Waals surface area contributed by atoms with E-state index in [9.17, 15) is 4.79 Å². The normalized spacial score (nSPS) is 10.2. The van der Waals surface area contributed by atoms with Gasteiger partial charge >= 0.3 is 0 Å². The van der Waals surface area contributed by atoms with Crippen molar-refractivity contribution in [3.63, 3.8) is 0 Å². The molecule has 0 aliphatic heterocycles. The van der Waals surface area contributed by atoms with Gasteiger partial charge in [-0.25, -0.2) is 4.98 Å². The van der Waals surface area contributed by atoms with Crippen molar-refractivity contribution in [3.05, 3.63) is 44.9 Å². The van der Waals surface area contributed by atoms with Crippen molar-refractivity contribution in [3.8, 4) is 0 Å². The molecule has 0 saturated heterocycles. The Balaban J connectivity index is 2.35. The molecule has 0 fully saturated rings. The highest BCUT2D eigenvalue weighted by Gasteiger charge is 2.05. The van der Waals surface area contributed by atoms with Crippen molar-refractivity contribution in [2.24, 2.45) is 0 Å². The monoisotopic (exact) mass is 270 g/mol. The Hall–Kier alpha value is -1.72. The molecule has 0 unspecified atom stereocenters. The van der Waals surface area contributed by atoms with E-state index in [4.69, 9.17) is 28.9 Å². The predicted molar refractivity (Wildman–Crippen MR) is 69.0 cm³/mol. The number of hydrogen-bond donors (Lipinski definition) is 3. The Labute approximate surface area is 107 Å². The van der Waals surface area contributed by atoms with Gasteiger partial charge < -0.3 is 16.0 Å². The Kier molecular flexibility index (Phi) is 3.21. The summed E-state index contributed by atoms with van der Waals surface area (Å²) in [6, 6.07) is 4.96. The van der Waals surface area contributed by atoms with Gasteiger partial charge in [0.15, 0.2) is 5.82 Å². The van der Waals surface area contributed by atoms with E-state index in [-0.39, 0.29) is 11.5 Å². The number of hydrogen-bond acceptors (Lipinski definition) is 4. The van der Waals surface area contributed by atoms with Crippen molar-refractivity contribution >= 4 is 40.4 Å². The molecule has 7 heteroatoms. The molecule has 0 spiro atoms. The van der Waals surface area contributed by atoms with Crippen LogP contribution in [0.2, 0.25) is 10.0 Å². The number of nitrogens with one attached hydrogen (secondary N) is 2. The minimum Gasteiger partial charge on any atom is -0.391 e. The molecule has 2 rings (SSSR count). The molecule has 88 valence electrons. The second-order valence-electron chi connectivity index (χ2n) is 3.25. The fraction of sp³-hybridized carbons (Fsp3) is 0. The molecule has 0 amide bonds. The average Bonchev–Trinajstić information content (AvgIpc) is 2.30. The minimum absolute atomic E-state index is 0.0126. The number of aromatic nitrogens is 2. The lowest BCUT2D eigenvalue weighted by Gasteiger charge is -2.07. The lowest BCUT2D eigenvalue weighted by Crippen LogP contribution is -2.14. The molecule has 0 radical (unpaired) electrons. The largest absolute Gasteiger partial charge is 0.391 e. The molecule has 0 aliphatic carbocycles. The molecule has 5 nitrogen and oxygen atoms in total. The van der Waals surface area contributed by atoms with Gasteiger partial charge in [0.05, 0.1) is 16.4 Å². The van der Waals surface area contributed by atoms with Gasteiger partial charge in [0.25, 0.3) is 5.56 Å². The van der Waals surface area contributed by atoms with E-state index in [0.717, 1.165) is 0 Å². The lowest BCUT2D eigenvalue weighted by atomic mass is 10.3. The Morgan fingerprint density at radius 3 is 2.76 bits per heavy atom. The highest BCUT2D eigenvalue weighted by molar-refractivity contribution is 6.42. The first-order valence-corrected chi connectivity index (χ1v) is 5.39. The molecule has 1 aromatic heterocycles. The third-order valence-electron chi connectivity index (χ3n) is 2.07. The van der Waals surface area contributed by atoms with Crippen molar-refractivity contribution in [2.75, 3.05) is 11.1 Å². The zero-order chi connectivity index (χ0) is 12.4. The van der Waals surface area contributed by atoms with Gasteiger partial charge in [0.1, 0.15) is 5.69 Å². The zero-order valence-electron chi connectivity index (χ0n) is 8.50. The van der Waals surface area contributed by atoms with Gasteiger partial charge in [-0.2, -0.15) is 0 Å². The van der Waals surface area contributed by atoms with E-state index in [1.165, 1.54) is 6.33 Å². The highest BCUT2D eigenvalue weighted by Crippen LogP contribution is 2.27. The minimum atomic E-state index is -0.400. The SMILES string of the molecule is Nc1c(Nc2ccc(Cl)c(Cl)c2)nc[nH]c1=O. The van der Waals surface area contributed by atoms with Crippen molar-refractivity contribution < 1.29 is 0 Å². The van der Waals surface area contributed by atoms with Crippen LogP contribution in [0.3, 0.4) is 0 Å². The van der Waals surface area contributed by atoms with Crippen LogP contribution in [0.1, 0.15) is 0 Å². The second-order valence-corrected chi connectivity index (χ2v) is 4.06. The molecule has 17 heavy (non-hydrogen) atoms. The smallest absolute Gasteiger partial charge is 0.276 e. The molecular formula is C10H8Cl2N4O. The van der Waals surface area contributed by atoms with Crippen LogP contribution in [0.4, 0.5) is 17.2 Å². The highest BCUT2D eigenvalue weighted by atomic mass is 35.5. The standard InChI is InChI=1S/C10H8Cl2N4O/c11-6-2-1-5(3-7(6)12)16-9-8(13)10(17)15-4-14-9/h1-4H,13H2,(H2,14,15,16,17). The molecular weight excluding hydrogens is 263 g/mol. The number of benzene rings is 1. The van der Waals surface area contributed by atoms with E-state index in [1.54, 1.807) is 18.2 Å². The molecule has 1 aromatic carbocycles. The molecule has 0 saturated carbocycles. The number of nitrogen functional groups attached to an aromatic ring is 1. The van der Waals surface area contributed by atoms with Crippen molar-refractivity contribution in [2.45, 2.75) is 0 Å². The Bertz CT molecular complexity index is 611. The maximum atomic E-state index is 11.2. The molecule has 0 atom stereocenters. The number of anilines is 3. The first kappa shape index (κ1) is 11.8. The van der Waals surface area contributed by atoms with Gasteiger partial charge in [-0.15, -0.1) is 0 Å². The summed E-state index contributed by atoms with van der Waals surface area (Å²) in [6.45, 7) is 0. The van der Waals surface area contributed by atoms with Crippen LogP contribution in [-0.4, -0.2) is 9.97 Å². The van der Waals surface area contributed by atoms with Crippen molar-refractivity contribution in [1.82, 2.24) is 9.97 Å². The number of nitrogens with zero attached hydrogens (tertiary/aromatic N) is 1. The first-order chi connectivity index (χ1) is 8.08. The summed E-state index contributed by atoms with van der Waals surface area (Å²) in [4.78, 5) is 17.5. The number of nitrogens with two attached hydrogens (primary N) is 1. The Morgan fingerprint density at radius 1 is 1.29 bits per heavy atom. The topological polar surface area (TPSA) is 83.8 Å².